The molecular weight excluding hydrogens is 216 g/mol. The maximum atomic E-state index is 11.9. The Bertz CT molecular complexity index is 254. The van der Waals surface area contributed by atoms with Crippen LogP contribution in [0.1, 0.15) is 34.6 Å². The average molecular weight is 242 g/mol. The minimum atomic E-state index is -0.158. The number of rotatable bonds is 3. The fourth-order valence-electron chi connectivity index (χ4n) is 2.30. The first kappa shape index (κ1) is 14.3. The van der Waals surface area contributed by atoms with Gasteiger partial charge in [-0.05, 0) is 26.7 Å². The summed E-state index contributed by atoms with van der Waals surface area (Å²) in [6.45, 7) is 13.7. The summed E-state index contributed by atoms with van der Waals surface area (Å²) in [5, 5.41) is 0. The van der Waals surface area contributed by atoms with E-state index in [1.165, 1.54) is 0 Å². The SMILES string of the molecule is CCOC(=O)N1CCN(C(C)C)CC1C(C)C. The molecule has 1 aliphatic heterocycles. The number of hydrogen-bond donors (Lipinski definition) is 0. The molecular formula is C13H26N2O2. The maximum absolute atomic E-state index is 11.9. The Morgan fingerprint density at radius 1 is 1.29 bits per heavy atom. The van der Waals surface area contributed by atoms with Crippen molar-refractivity contribution in [3.63, 3.8) is 0 Å². The van der Waals surface area contributed by atoms with Crippen LogP contribution in [0.25, 0.3) is 0 Å². The highest BCUT2D eigenvalue weighted by Gasteiger charge is 2.33. The summed E-state index contributed by atoms with van der Waals surface area (Å²) in [6, 6.07) is 0.811. The van der Waals surface area contributed by atoms with Gasteiger partial charge in [-0.3, -0.25) is 4.90 Å². The topological polar surface area (TPSA) is 32.8 Å². The minimum Gasteiger partial charge on any atom is -0.450 e. The van der Waals surface area contributed by atoms with Crippen molar-refractivity contribution in [3.8, 4) is 0 Å². The molecule has 1 saturated heterocycles. The van der Waals surface area contributed by atoms with E-state index in [4.69, 9.17) is 4.74 Å². The molecule has 0 aromatic rings. The summed E-state index contributed by atoms with van der Waals surface area (Å²) >= 11 is 0. The van der Waals surface area contributed by atoms with Crippen molar-refractivity contribution in [1.29, 1.82) is 0 Å². The molecule has 100 valence electrons. The standard InChI is InChI=1S/C13H26N2O2/c1-6-17-13(16)15-8-7-14(11(4)5)9-12(15)10(2)3/h10-12H,6-9H2,1-5H3. The van der Waals surface area contributed by atoms with Gasteiger partial charge in [-0.15, -0.1) is 0 Å². The number of hydrogen-bond acceptors (Lipinski definition) is 3. The van der Waals surface area contributed by atoms with E-state index < -0.39 is 0 Å². The first-order valence-corrected chi connectivity index (χ1v) is 6.64. The van der Waals surface area contributed by atoms with Gasteiger partial charge in [-0.25, -0.2) is 4.79 Å². The second kappa shape index (κ2) is 6.24. The molecule has 1 heterocycles. The first-order valence-electron chi connectivity index (χ1n) is 6.64. The van der Waals surface area contributed by atoms with Gasteiger partial charge >= 0.3 is 6.09 Å². The van der Waals surface area contributed by atoms with Crippen molar-refractivity contribution < 1.29 is 9.53 Å². The Labute approximate surface area is 105 Å². The quantitative estimate of drug-likeness (QED) is 0.760. The van der Waals surface area contributed by atoms with E-state index in [0.717, 1.165) is 19.6 Å². The molecule has 0 aromatic carbocycles. The van der Waals surface area contributed by atoms with Gasteiger partial charge in [0.1, 0.15) is 0 Å². The van der Waals surface area contributed by atoms with Gasteiger partial charge in [-0.1, -0.05) is 13.8 Å². The van der Waals surface area contributed by atoms with Crippen LogP contribution < -0.4 is 0 Å². The predicted molar refractivity (Wildman–Crippen MR) is 69.1 cm³/mol. The third kappa shape index (κ3) is 3.60. The molecule has 0 aliphatic carbocycles. The van der Waals surface area contributed by atoms with Crippen molar-refractivity contribution in [2.24, 2.45) is 5.92 Å². The highest BCUT2D eigenvalue weighted by molar-refractivity contribution is 5.68. The highest BCUT2D eigenvalue weighted by atomic mass is 16.6. The van der Waals surface area contributed by atoms with Crippen LogP contribution in [0.3, 0.4) is 0 Å². The van der Waals surface area contributed by atoms with Gasteiger partial charge in [0.05, 0.1) is 12.6 Å². The Morgan fingerprint density at radius 3 is 2.41 bits per heavy atom. The van der Waals surface area contributed by atoms with Gasteiger partial charge < -0.3 is 9.64 Å². The second-order valence-corrected chi connectivity index (χ2v) is 5.29. The minimum absolute atomic E-state index is 0.158. The van der Waals surface area contributed by atoms with Crippen LogP contribution in [-0.4, -0.2) is 54.2 Å². The molecule has 17 heavy (non-hydrogen) atoms. The number of carbonyl (C=O) groups excluding carboxylic acids is 1. The molecule has 0 saturated carbocycles. The second-order valence-electron chi connectivity index (χ2n) is 5.29. The maximum Gasteiger partial charge on any atom is 0.410 e. The molecule has 1 unspecified atom stereocenters. The molecule has 4 nitrogen and oxygen atoms in total. The first-order chi connectivity index (χ1) is 7.97. The number of ether oxygens (including phenoxy) is 1. The van der Waals surface area contributed by atoms with Gasteiger partial charge in [0.2, 0.25) is 0 Å². The molecule has 1 atom stereocenters. The van der Waals surface area contributed by atoms with Crippen LogP contribution in [0.15, 0.2) is 0 Å². The van der Waals surface area contributed by atoms with E-state index in [1.54, 1.807) is 0 Å². The van der Waals surface area contributed by atoms with E-state index in [1.807, 2.05) is 11.8 Å². The molecule has 1 amide bonds. The molecule has 4 heteroatoms. The number of piperazine rings is 1. The normalized spacial score (nSPS) is 22.3. The summed E-state index contributed by atoms with van der Waals surface area (Å²) in [6.07, 6.45) is -0.158. The summed E-state index contributed by atoms with van der Waals surface area (Å²) in [5.74, 6) is 0.459. The summed E-state index contributed by atoms with van der Waals surface area (Å²) in [5.41, 5.74) is 0. The van der Waals surface area contributed by atoms with E-state index >= 15 is 0 Å². The van der Waals surface area contributed by atoms with E-state index in [-0.39, 0.29) is 12.1 Å². The number of carbonyl (C=O) groups is 1. The molecule has 0 bridgehead atoms. The van der Waals surface area contributed by atoms with Crippen molar-refractivity contribution in [2.45, 2.75) is 46.7 Å². The monoisotopic (exact) mass is 242 g/mol. The molecule has 0 spiro atoms. The van der Waals surface area contributed by atoms with Crippen molar-refractivity contribution in [1.82, 2.24) is 9.80 Å². The fraction of sp³-hybridized carbons (Fsp3) is 0.923. The Hall–Kier alpha value is -0.770. The summed E-state index contributed by atoms with van der Waals surface area (Å²) < 4.78 is 5.13. The predicted octanol–water partition coefficient (Wildman–Crippen LogP) is 2.19. The largest absolute Gasteiger partial charge is 0.450 e. The zero-order valence-electron chi connectivity index (χ0n) is 11.8. The summed E-state index contributed by atoms with van der Waals surface area (Å²) in [7, 11) is 0. The van der Waals surface area contributed by atoms with Crippen LogP contribution in [0.2, 0.25) is 0 Å². The van der Waals surface area contributed by atoms with Crippen molar-refractivity contribution >= 4 is 6.09 Å². The van der Waals surface area contributed by atoms with E-state index in [9.17, 15) is 4.79 Å². The molecule has 1 rings (SSSR count). The van der Waals surface area contributed by atoms with Crippen LogP contribution in [0.4, 0.5) is 4.79 Å². The van der Waals surface area contributed by atoms with Gasteiger partial charge in [0, 0.05) is 25.7 Å². The van der Waals surface area contributed by atoms with Crippen LogP contribution in [0, 0.1) is 5.92 Å². The number of nitrogens with zero attached hydrogens (tertiary/aromatic N) is 2. The molecule has 0 N–H and O–H groups in total. The van der Waals surface area contributed by atoms with Crippen molar-refractivity contribution in [2.75, 3.05) is 26.2 Å². The lowest BCUT2D eigenvalue weighted by atomic mass is 9.99. The van der Waals surface area contributed by atoms with Gasteiger partial charge in [0.25, 0.3) is 0 Å². The lowest BCUT2D eigenvalue weighted by molar-refractivity contribution is 0.0241. The fourth-order valence-corrected chi connectivity index (χ4v) is 2.30. The zero-order valence-corrected chi connectivity index (χ0v) is 11.8. The average Bonchev–Trinajstić information content (AvgIpc) is 2.28. The number of amides is 1. The lowest BCUT2D eigenvalue weighted by Gasteiger charge is -2.44. The van der Waals surface area contributed by atoms with Crippen LogP contribution in [0.5, 0.6) is 0 Å². The highest BCUT2D eigenvalue weighted by Crippen LogP contribution is 2.19. The van der Waals surface area contributed by atoms with Gasteiger partial charge in [0.15, 0.2) is 0 Å². The smallest absolute Gasteiger partial charge is 0.410 e. The zero-order chi connectivity index (χ0) is 13.0. The third-order valence-corrected chi connectivity index (χ3v) is 3.45. The van der Waals surface area contributed by atoms with E-state index in [0.29, 0.717) is 18.6 Å². The van der Waals surface area contributed by atoms with Gasteiger partial charge in [-0.2, -0.15) is 0 Å². The van der Waals surface area contributed by atoms with Crippen LogP contribution >= 0.6 is 0 Å². The Morgan fingerprint density at radius 2 is 1.94 bits per heavy atom. The Balaban J connectivity index is 2.69. The molecule has 1 aliphatic rings. The third-order valence-electron chi connectivity index (χ3n) is 3.45. The lowest BCUT2D eigenvalue weighted by Crippen LogP contribution is -2.58. The van der Waals surface area contributed by atoms with Crippen LogP contribution in [-0.2, 0) is 4.74 Å². The molecule has 1 fully saturated rings. The molecule has 0 radical (unpaired) electrons. The van der Waals surface area contributed by atoms with E-state index in [2.05, 4.69) is 32.6 Å². The summed E-state index contributed by atoms with van der Waals surface area (Å²) in [4.78, 5) is 16.2. The van der Waals surface area contributed by atoms with Crippen molar-refractivity contribution in [3.05, 3.63) is 0 Å². The molecule has 0 aromatic heterocycles. The Kier molecular flexibility index (Phi) is 5.25.